The molecular formula is C27H35F5N2O4Si. The van der Waals surface area contributed by atoms with Crippen molar-refractivity contribution in [2.24, 2.45) is 5.92 Å². The second-order valence-corrected chi connectivity index (χ2v) is 16.3. The maximum Gasteiger partial charge on any atom is 0.417 e. The number of nitrogens with zero attached hydrogens (tertiary/aromatic N) is 1. The van der Waals surface area contributed by atoms with Gasteiger partial charge in [-0.05, 0) is 43.3 Å². The molecule has 0 spiro atoms. The number of anilines is 1. The van der Waals surface area contributed by atoms with Gasteiger partial charge in [0.2, 0.25) is 5.82 Å². The number of nitrogens with one attached hydrogen (secondary N) is 1. The van der Waals surface area contributed by atoms with Crippen LogP contribution in [-0.4, -0.2) is 44.2 Å². The highest BCUT2D eigenvalue weighted by Gasteiger charge is 2.66. The molecule has 1 aliphatic heterocycles. The Morgan fingerprint density at radius 2 is 1.82 bits per heavy atom. The predicted molar refractivity (Wildman–Crippen MR) is 139 cm³/mol. The van der Waals surface area contributed by atoms with E-state index in [4.69, 9.17) is 13.9 Å². The zero-order chi connectivity index (χ0) is 29.6. The lowest BCUT2D eigenvalue weighted by atomic mass is 9.77. The Morgan fingerprint density at radius 1 is 1.18 bits per heavy atom. The smallest absolute Gasteiger partial charge is 0.417 e. The molecule has 216 valence electrons. The molecule has 1 aromatic heterocycles. The van der Waals surface area contributed by atoms with Crippen molar-refractivity contribution < 1.29 is 40.6 Å². The SMILES string of the molecule is COc1c(C2C(C(=O)Nc3ccnc(CO[Si](C)(C)C(C)(C)C)c3)O[C@@](C)(C(F)(F)F)[C@H]2C)ccc(F)c1F. The number of hydrogen-bond donors (Lipinski definition) is 1. The van der Waals surface area contributed by atoms with E-state index in [0.717, 1.165) is 26.2 Å². The third-order valence-electron chi connectivity index (χ3n) is 8.04. The van der Waals surface area contributed by atoms with E-state index in [1.165, 1.54) is 19.2 Å². The van der Waals surface area contributed by atoms with Crippen LogP contribution in [0.3, 0.4) is 0 Å². The number of amides is 1. The first-order chi connectivity index (χ1) is 17.8. The van der Waals surface area contributed by atoms with Gasteiger partial charge < -0.3 is 19.2 Å². The fraction of sp³-hybridized carbons (Fsp3) is 0.556. The van der Waals surface area contributed by atoms with Gasteiger partial charge in [0, 0.05) is 29.3 Å². The summed E-state index contributed by atoms with van der Waals surface area (Å²) in [6, 6.07) is 4.96. The van der Waals surface area contributed by atoms with Gasteiger partial charge in [-0.2, -0.15) is 17.6 Å². The van der Waals surface area contributed by atoms with Crippen molar-refractivity contribution >= 4 is 19.9 Å². The minimum atomic E-state index is -4.85. The Labute approximate surface area is 226 Å². The van der Waals surface area contributed by atoms with Gasteiger partial charge in [-0.25, -0.2) is 4.39 Å². The van der Waals surface area contributed by atoms with Crippen molar-refractivity contribution in [2.45, 2.75) is 83.2 Å². The molecule has 1 aliphatic rings. The minimum Gasteiger partial charge on any atom is -0.493 e. The van der Waals surface area contributed by atoms with Crippen LogP contribution in [0.5, 0.6) is 5.75 Å². The van der Waals surface area contributed by atoms with Crippen molar-refractivity contribution in [1.82, 2.24) is 4.98 Å². The van der Waals surface area contributed by atoms with Crippen LogP contribution in [0.2, 0.25) is 18.1 Å². The lowest BCUT2D eigenvalue weighted by Crippen LogP contribution is -2.47. The second kappa shape index (κ2) is 10.8. The Balaban J connectivity index is 1.94. The topological polar surface area (TPSA) is 69.7 Å². The number of rotatable bonds is 7. The third-order valence-corrected chi connectivity index (χ3v) is 12.5. The van der Waals surface area contributed by atoms with Crippen LogP contribution >= 0.6 is 0 Å². The van der Waals surface area contributed by atoms with E-state index in [1.54, 1.807) is 6.07 Å². The summed E-state index contributed by atoms with van der Waals surface area (Å²) in [6.45, 7) is 12.8. The van der Waals surface area contributed by atoms with Crippen LogP contribution in [0.25, 0.3) is 0 Å². The van der Waals surface area contributed by atoms with Gasteiger partial charge in [0.1, 0.15) is 6.10 Å². The summed E-state index contributed by atoms with van der Waals surface area (Å²) in [7, 11) is -1.01. The molecule has 1 fully saturated rings. The molecule has 1 amide bonds. The monoisotopic (exact) mass is 574 g/mol. The van der Waals surface area contributed by atoms with E-state index < -0.39 is 61.3 Å². The summed E-state index contributed by atoms with van der Waals surface area (Å²) in [5.41, 5.74) is -2.04. The average Bonchev–Trinajstić information content (AvgIpc) is 3.11. The van der Waals surface area contributed by atoms with Crippen molar-refractivity contribution in [2.75, 3.05) is 12.4 Å². The molecule has 2 aromatic rings. The number of carbonyl (C=O) groups is 1. The molecule has 2 heterocycles. The standard InChI is InChI=1S/C27H35F5N2O4Si/c1-15-20(18-9-10-19(28)21(29)22(18)36-6)23(38-26(15,5)27(30,31)32)24(35)34-16-11-12-33-17(13-16)14-37-39(7,8)25(2,3)4/h9-13,15,20,23H,14H2,1-8H3,(H,33,34,35)/t15-,20?,23?,26+/m0/s1. The first-order valence-electron chi connectivity index (χ1n) is 12.5. The summed E-state index contributed by atoms with van der Waals surface area (Å²) in [5, 5.41) is 2.57. The number of methoxy groups -OCH3 is 1. The fourth-order valence-corrected chi connectivity index (χ4v) is 5.30. The van der Waals surface area contributed by atoms with E-state index in [1.807, 2.05) is 0 Å². The fourth-order valence-electron chi connectivity index (χ4n) is 4.36. The summed E-state index contributed by atoms with van der Waals surface area (Å²) in [4.78, 5) is 17.7. The van der Waals surface area contributed by atoms with Crippen LogP contribution < -0.4 is 10.1 Å². The quantitative estimate of drug-likeness (QED) is 0.286. The molecule has 3 rings (SSSR count). The summed E-state index contributed by atoms with van der Waals surface area (Å²) in [5.74, 6) is -6.70. The van der Waals surface area contributed by atoms with E-state index in [0.29, 0.717) is 5.69 Å². The molecule has 0 bridgehead atoms. The Kier molecular flexibility index (Phi) is 8.55. The number of halogens is 5. The average molecular weight is 575 g/mol. The summed E-state index contributed by atoms with van der Waals surface area (Å²) >= 11 is 0. The van der Waals surface area contributed by atoms with Gasteiger partial charge >= 0.3 is 6.18 Å². The molecule has 0 radical (unpaired) electrons. The maximum atomic E-state index is 14.5. The minimum absolute atomic E-state index is 0.0314. The van der Waals surface area contributed by atoms with Crippen molar-refractivity contribution in [1.29, 1.82) is 0 Å². The molecule has 0 aliphatic carbocycles. The van der Waals surface area contributed by atoms with Crippen LogP contribution in [0.1, 0.15) is 51.8 Å². The van der Waals surface area contributed by atoms with Gasteiger partial charge in [0.05, 0.1) is 19.4 Å². The zero-order valence-electron chi connectivity index (χ0n) is 23.3. The number of pyridine rings is 1. The lowest BCUT2D eigenvalue weighted by Gasteiger charge is -2.36. The normalized spacial score (nSPS) is 24.1. The Bertz CT molecular complexity index is 1220. The second-order valence-electron chi connectivity index (χ2n) is 11.5. The van der Waals surface area contributed by atoms with Crippen LogP contribution in [0, 0.1) is 17.6 Å². The van der Waals surface area contributed by atoms with E-state index in [9.17, 15) is 26.7 Å². The highest BCUT2D eigenvalue weighted by Crippen LogP contribution is 2.55. The number of carbonyl (C=O) groups excluding carboxylic acids is 1. The number of aromatic nitrogens is 1. The van der Waals surface area contributed by atoms with Gasteiger partial charge in [0.15, 0.2) is 25.5 Å². The van der Waals surface area contributed by atoms with Crippen molar-refractivity contribution in [3.05, 3.63) is 53.4 Å². The van der Waals surface area contributed by atoms with E-state index in [2.05, 4.69) is 44.2 Å². The van der Waals surface area contributed by atoms with Gasteiger partial charge in [0.25, 0.3) is 5.91 Å². The highest BCUT2D eigenvalue weighted by atomic mass is 28.4. The lowest BCUT2D eigenvalue weighted by molar-refractivity contribution is -0.272. The van der Waals surface area contributed by atoms with E-state index in [-0.39, 0.29) is 22.9 Å². The number of ether oxygens (including phenoxy) is 2. The number of hydrogen-bond acceptors (Lipinski definition) is 5. The Morgan fingerprint density at radius 3 is 2.38 bits per heavy atom. The van der Waals surface area contributed by atoms with Crippen LogP contribution in [-0.2, 0) is 20.6 Å². The molecule has 1 N–H and O–H groups in total. The molecule has 0 saturated carbocycles. The Hall–Kier alpha value is -2.57. The number of benzene rings is 1. The maximum absolute atomic E-state index is 14.5. The first-order valence-corrected chi connectivity index (χ1v) is 15.4. The van der Waals surface area contributed by atoms with Crippen molar-refractivity contribution in [3.8, 4) is 5.75 Å². The van der Waals surface area contributed by atoms with Crippen LogP contribution in [0.4, 0.5) is 27.6 Å². The predicted octanol–water partition coefficient (Wildman–Crippen LogP) is 6.97. The molecule has 1 saturated heterocycles. The largest absolute Gasteiger partial charge is 0.493 e. The molecule has 12 heteroatoms. The van der Waals surface area contributed by atoms with Gasteiger partial charge in [-0.15, -0.1) is 0 Å². The number of alkyl halides is 3. The zero-order valence-corrected chi connectivity index (χ0v) is 24.3. The molecule has 6 nitrogen and oxygen atoms in total. The molecule has 2 unspecified atom stereocenters. The van der Waals surface area contributed by atoms with Gasteiger partial charge in [-0.3, -0.25) is 9.78 Å². The molecule has 39 heavy (non-hydrogen) atoms. The third kappa shape index (κ3) is 5.97. The molecular weight excluding hydrogens is 539 g/mol. The summed E-state index contributed by atoms with van der Waals surface area (Å²) < 4.78 is 87.5. The highest BCUT2D eigenvalue weighted by molar-refractivity contribution is 6.74. The van der Waals surface area contributed by atoms with Gasteiger partial charge in [-0.1, -0.05) is 33.8 Å². The van der Waals surface area contributed by atoms with Crippen molar-refractivity contribution in [3.63, 3.8) is 0 Å². The van der Waals surface area contributed by atoms with Crippen LogP contribution in [0.15, 0.2) is 30.5 Å². The first kappa shape index (κ1) is 31.0. The summed E-state index contributed by atoms with van der Waals surface area (Å²) in [6.07, 6.45) is -5.09. The van der Waals surface area contributed by atoms with E-state index >= 15 is 0 Å². The molecule has 1 aromatic carbocycles. The molecule has 4 atom stereocenters.